The molecule has 2 aromatic carbocycles. The summed E-state index contributed by atoms with van der Waals surface area (Å²) in [4.78, 5) is 0. The Balaban J connectivity index is 2.55. The molecule has 0 amide bonds. The third-order valence-corrected chi connectivity index (χ3v) is 2.49. The fourth-order valence-corrected chi connectivity index (χ4v) is 1.63. The number of rotatable bonds is 1. The monoisotopic (exact) mass is 220 g/mol. The van der Waals surface area contributed by atoms with Crippen LogP contribution in [0.25, 0.3) is 11.1 Å². The van der Waals surface area contributed by atoms with Crippen molar-refractivity contribution < 1.29 is 10.2 Å². The van der Waals surface area contributed by atoms with E-state index in [0.717, 1.165) is 11.1 Å². The second-order valence-corrected chi connectivity index (χ2v) is 3.59. The molecular formula is C12H9ClO2. The van der Waals surface area contributed by atoms with Crippen molar-refractivity contribution in [2.45, 2.75) is 0 Å². The maximum atomic E-state index is 9.36. The van der Waals surface area contributed by atoms with Gasteiger partial charge < -0.3 is 10.2 Å². The Bertz CT molecular complexity index is 495. The lowest BCUT2D eigenvalue weighted by Gasteiger charge is -2.05. The molecule has 0 aliphatic carbocycles. The fraction of sp³-hybridized carbons (Fsp3) is 0. The van der Waals surface area contributed by atoms with Crippen molar-refractivity contribution in [1.29, 1.82) is 0 Å². The minimum Gasteiger partial charge on any atom is -0.504 e. The molecule has 15 heavy (non-hydrogen) atoms. The average molecular weight is 221 g/mol. The van der Waals surface area contributed by atoms with Crippen molar-refractivity contribution in [3.8, 4) is 22.6 Å². The highest BCUT2D eigenvalue weighted by Crippen LogP contribution is 2.33. The zero-order chi connectivity index (χ0) is 10.8. The van der Waals surface area contributed by atoms with Crippen LogP contribution in [-0.4, -0.2) is 10.2 Å². The first kappa shape index (κ1) is 9.87. The largest absolute Gasteiger partial charge is 0.504 e. The third kappa shape index (κ3) is 1.90. The number of hydrogen-bond acceptors (Lipinski definition) is 2. The van der Waals surface area contributed by atoms with Crippen molar-refractivity contribution in [2.24, 2.45) is 0 Å². The van der Waals surface area contributed by atoms with Crippen LogP contribution in [0, 0.1) is 0 Å². The number of phenolic OH excluding ortho intramolecular Hbond substituents is 2. The Morgan fingerprint density at radius 1 is 0.867 bits per heavy atom. The first-order chi connectivity index (χ1) is 7.18. The van der Waals surface area contributed by atoms with Crippen LogP contribution in [0.4, 0.5) is 0 Å². The molecule has 3 heteroatoms. The summed E-state index contributed by atoms with van der Waals surface area (Å²) in [6.45, 7) is 0. The SMILES string of the molecule is Oc1ccc(-c2ccccc2Cl)cc1O. The zero-order valence-electron chi connectivity index (χ0n) is 7.81. The summed E-state index contributed by atoms with van der Waals surface area (Å²) >= 11 is 6.01. The summed E-state index contributed by atoms with van der Waals surface area (Å²) < 4.78 is 0. The summed E-state index contributed by atoms with van der Waals surface area (Å²) in [5.41, 5.74) is 1.60. The molecule has 76 valence electrons. The van der Waals surface area contributed by atoms with Crippen LogP contribution in [-0.2, 0) is 0 Å². The molecule has 0 saturated carbocycles. The fourth-order valence-electron chi connectivity index (χ4n) is 1.39. The number of halogens is 1. The van der Waals surface area contributed by atoms with E-state index in [-0.39, 0.29) is 11.5 Å². The van der Waals surface area contributed by atoms with Gasteiger partial charge in [0, 0.05) is 10.6 Å². The summed E-state index contributed by atoms with van der Waals surface area (Å²) in [6.07, 6.45) is 0. The second-order valence-electron chi connectivity index (χ2n) is 3.18. The van der Waals surface area contributed by atoms with E-state index in [4.69, 9.17) is 11.6 Å². The lowest BCUT2D eigenvalue weighted by molar-refractivity contribution is 0.404. The maximum absolute atomic E-state index is 9.36. The zero-order valence-corrected chi connectivity index (χ0v) is 8.57. The normalized spacial score (nSPS) is 10.2. The molecule has 0 fully saturated rings. The van der Waals surface area contributed by atoms with Crippen LogP contribution in [0.2, 0.25) is 5.02 Å². The number of benzene rings is 2. The van der Waals surface area contributed by atoms with Crippen LogP contribution >= 0.6 is 11.6 Å². The van der Waals surface area contributed by atoms with Gasteiger partial charge in [-0.2, -0.15) is 0 Å². The van der Waals surface area contributed by atoms with E-state index >= 15 is 0 Å². The molecule has 0 bridgehead atoms. The molecule has 0 radical (unpaired) electrons. The summed E-state index contributed by atoms with van der Waals surface area (Å²) in [5, 5.41) is 19.1. The molecule has 0 heterocycles. The molecule has 0 aromatic heterocycles. The van der Waals surface area contributed by atoms with Crippen molar-refractivity contribution in [1.82, 2.24) is 0 Å². The van der Waals surface area contributed by atoms with E-state index in [9.17, 15) is 10.2 Å². The van der Waals surface area contributed by atoms with Crippen molar-refractivity contribution in [2.75, 3.05) is 0 Å². The summed E-state index contributed by atoms with van der Waals surface area (Å²) in [7, 11) is 0. The van der Waals surface area contributed by atoms with Crippen molar-refractivity contribution >= 4 is 11.6 Å². The van der Waals surface area contributed by atoms with Gasteiger partial charge in [-0.15, -0.1) is 0 Å². The summed E-state index contributed by atoms with van der Waals surface area (Å²) in [6, 6.07) is 12.0. The highest BCUT2D eigenvalue weighted by Gasteiger charge is 2.05. The molecule has 0 aliphatic rings. The van der Waals surface area contributed by atoms with Gasteiger partial charge in [-0.3, -0.25) is 0 Å². The van der Waals surface area contributed by atoms with Gasteiger partial charge in [0.05, 0.1) is 0 Å². The third-order valence-electron chi connectivity index (χ3n) is 2.16. The first-order valence-electron chi connectivity index (χ1n) is 4.45. The molecule has 2 N–H and O–H groups in total. The van der Waals surface area contributed by atoms with Crippen LogP contribution in [0.15, 0.2) is 42.5 Å². The van der Waals surface area contributed by atoms with E-state index in [1.807, 2.05) is 18.2 Å². The molecule has 0 aliphatic heterocycles. The Morgan fingerprint density at radius 3 is 2.27 bits per heavy atom. The van der Waals surface area contributed by atoms with Crippen LogP contribution in [0.1, 0.15) is 0 Å². The van der Waals surface area contributed by atoms with E-state index < -0.39 is 0 Å². The molecule has 0 unspecified atom stereocenters. The predicted molar refractivity (Wildman–Crippen MR) is 60.2 cm³/mol. The first-order valence-corrected chi connectivity index (χ1v) is 4.83. The Morgan fingerprint density at radius 2 is 1.60 bits per heavy atom. The minimum atomic E-state index is -0.146. The quantitative estimate of drug-likeness (QED) is 0.723. The number of phenols is 2. The van der Waals surface area contributed by atoms with Gasteiger partial charge in [-0.05, 0) is 23.8 Å². The van der Waals surface area contributed by atoms with Gasteiger partial charge in [0.2, 0.25) is 0 Å². The molecule has 0 atom stereocenters. The molecule has 2 aromatic rings. The smallest absolute Gasteiger partial charge is 0.158 e. The molecule has 0 spiro atoms. The maximum Gasteiger partial charge on any atom is 0.158 e. The van der Waals surface area contributed by atoms with Gasteiger partial charge in [0.25, 0.3) is 0 Å². The molecule has 2 rings (SSSR count). The van der Waals surface area contributed by atoms with E-state index in [1.165, 1.54) is 12.1 Å². The lowest BCUT2D eigenvalue weighted by atomic mass is 10.1. The topological polar surface area (TPSA) is 40.5 Å². The Hall–Kier alpha value is -1.67. The van der Waals surface area contributed by atoms with Gasteiger partial charge in [0.15, 0.2) is 11.5 Å². The van der Waals surface area contributed by atoms with Gasteiger partial charge in [0.1, 0.15) is 0 Å². The molecular weight excluding hydrogens is 212 g/mol. The second kappa shape index (κ2) is 3.83. The van der Waals surface area contributed by atoms with Gasteiger partial charge >= 0.3 is 0 Å². The van der Waals surface area contributed by atoms with E-state index in [1.54, 1.807) is 12.1 Å². The number of aromatic hydroxyl groups is 2. The lowest BCUT2D eigenvalue weighted by Crippen LogP contribution is -1.79. The highest BCUT2D eigenvalue weighted by molar-refractivity contribution is 6.33. The molecule has 2 nitrogen and oxygen atoms in total. The average Bonchev–Trinajstić information content (AvgIpc) is 2.23. The van der Waals surface area contributed by atoms with E-state index in [0.29, 0.717) is 5.02 Å². The van der Waals surface area contributed by atoms with Crippen LogP contribution in [0.3, 0.4) is 0 Å². The Kier molecular flexibility index (Phi) is 2.52. The summed E-state index contributed by atoms with van der Waals surface area (Å²) in [5.74, 6) is -0.279. The predicted octanol–water partition coefficient (Wildman–Crippen LogP) is 3.42. The van der Waals surface area contributed by atoms with Crippen LogP contribution in [0.5, 0.6) is 11.5 Å². The van der Waals surface area contributed by atoms with Crippen molar-refractivity contribution in [3.63, 3.8) is 0 Å². The van der Waals surface area contributed by atoms with Gasteiger partial charge in [-0.25, -0.2) is 0 Å². The number of hydrogen-bond donors (Lipinski definition) is 2. The minimum absolute atomic E-state index is 0.134. The standard InChI is InChI=1S/C12H9ClO2/c13-10-4-2-1-3-9(10)8-5-6-11(14)12(15)7-8/h1-7,14-15H. The molecule has 0 saturated heterocycles. The Labute approximate surface area is 92.4 Å². The highest BCUT2D eigenvalue weighted by atomic mass is 35.5. The van der Waals surface area contributed by atoms with Gasteiger partial charge in [-0.1, -0.05) is 35.9 Å². The van der Waals surface area contributed by atoms with Crippen molar-refractivity contribution in [3.05, 3.63) is 47.5 Å². The van der Waals surface area contributed by atoms with E-state index in [2.05, 4.69) is 0 Å². The van der Waals surface area contributed by atoms with Crippen LogP contribution < -0.4 is 0 Å².